The van der Waals surface area contributed by atoms with Crippen LogP contribution in [0.15, 0.2) is 12.5 Å². The Morgan fingerprint density at radius 1 is 1.45 bits per heavy atom. The summed E-state index contributed by atoms with van der Waals surface area (Å²) in [6.07, 6.45) is 4.65. The molecule has 0 aliphatic rings. The summed E-state index contributed by atoms with van der Waals surface area (Å²) in [5, 5.41) is 6.05. The van der Waals surface area contributed by atoms with Gasteiger partial charge in [-0.15, -0.1) is 0 Å². The van der Waals surface area contributed by atoms with Crippen LogP contribution in [0, 0.1) is 0 Å². The van der Waals surface area contributed by atoms with Crippen molar-refractivity contribution in [3.05, 3.63) is 18.2 Å². The molecular weight excluding hydrogens is 302 g/mol. The summed E-state index contributed by atoms with van der Waals surface area (Å²) < 4.78 is 0. The Hall–Kier alpha value is -1.38. The van der Waals surface area contributed by atoms with E-state index in [1.807, 2.05) is 6.92 Å². The molecule has 1 rings (SSSR count). The molecule has 1 unspecified atom stereocenters. The first-order valence-electron chi connectivity index (χ1n) is 7.36. The molecule has 0 bridgehead atoms. The molecule has 0 saturated heterocycles. The zero-order valence-electron chi connectivity index (χ0n) is 13.1. The largest absolute Gasteiger partial charge is 0.356 e. The summed E-state index contributed by atoms with van der Waals surface area (Å²) in [4.78, 5) is 30.1. The van der Waals surface area contributed by atoms with Gasteiger partial charge in [0.2, 0.25) is 11.0 Å². The topological polar surface area (TPSA) is 113 Å². The van der Waals surface area contributed by atoms with Crippen LogP contribution in [0.4, 0.5) is 0 Å². The fourth-order valence-corrected chi connectivity index (χ4v) is 2.59. The predicted molar refractivity (Wildman–Crippen MR) is 88.5 cm³/mol. The van der Waals surface area contributed by atoms with Crippen molar-refractivity contribution in [1.82, 2.24) is 20.6 Å². The molecule has 124 valence electrons. The number of nitrogens with one attached hydrogen (secondary N) is 3. The van der Waals surface area contributed by atoms with Gasteiger partial charge in [-0.25, -0.2) is 4.98 Å². The highest BCUT2D eigenvalue weighted by molar-refractivity contribution is 8.13. The molecule has 22 heavy (non-hydrogen) atoms. The number of thioether (sulfide) groups is 1. The fraction of sp³-hybridized carbons (Fsp3) is 0.643. The number of imidazole rings is 1. The lowest BCUT2D eigenvalue weighted by molar-refractivity contribution is -0.119. The molecule has 0 radical (unpaired) electrons. The third-order valence-electron chi connectivity index (χ3n) is 2.87. The van der Waals surface area contributed by atoms with Crippen LogP contribution in [0.2, 0.25) is 0 Å². The van der Waals surface area contributed by atoms with E-state index in [1.165, 1.54) is 18.7 Å². The monoisotopic (exact) mass is 327 g/mol. The first-order valence-corrected chi connectivity index (χ1v) is 8.35. The van der Waals surface area contributed by atoms with Crippen molar-refractivity contribution in [2.45, 2.75) is 38.8 Å². The number of carbonyl (C=O) groups excluding carboxylic acids is 2. The number of carbonyl (C=O) groups is 2. The second kappa shape index (κ2) is 10.4. The van der Waals surface area contributed by atoms with Crippen LogP contribution in [-0.2, 0) is 16.0 Å². The lowest BCUT2D eigenvalue weighted by Crippen LogP contribution is -2.39. The zero-order chi connectivity index (χ0) is 16.4. The Bertz CT molecular complexity index is 450. The Morgan fingerprint density at radius 3 is 2.82 bits per heavy atom. The molecule has 5 N–H and O–H groups in total. The van der Waals surface area contributed by atoms with Crippen LogP contribution < -0.4 is 16.4 Å². The second-order valence-corrected chi connectivity index (χ2v) is 6.26. The van der Waals surface area contributed by atoms with Gasteiger partial charge in [-0.3, -0.25) is 9.59 Å². The minimum Gasteiger partial charge on any atom is -0.356 e. The highest BCUT2D eigenvalue weighted by atomic mass is 32.2. The molecule has 7 nitrogen and oxygen atoms in total. The third kappa shape index (κ3) is 8.16. The maximum absolute atomic E-state index is 12.3. The maximum atomic E-state index is 12.3. The smallest absolute Gasteiger partial charge is 0.216 e. The van der Waals surface area contributed by atoms with Crippen molar-refractivity contribution >= 4 is 22.8 Å². The van der Waals surface area contributed by atoms with Crippen LogP contribution >= 0.6 is 11.8 Å². The molecule has 0 spiro atoms. The van der Waals surface area contributed by atoms with Crippen molar-refractivity contribution in [1.29, 1.82) is 0 Å². The van der Waals surface area contributed by atoms with Crippen LogP contribution in [0.5, 0.6) is 0 Å². The summed E-state index contributed by atoms with van der Waals surface area (Å²) in [5.74, 6) is 0.559. The molecule has 1 heterocycles. The number of hydrogen-bond donors (Lipinski definition) is 4. The molecule has 0 aliphatic carbocycles. The van der Waals surface area contributed by atoms with E-state index in [4.69, 9.17) is 5.73 Å². The number of aromatic nitrogens is 2. The van der Waals surface area contributed by atoms with E-state index in [0.717, 1.165) is 12.1 Å². The van der Waals surface area contributed by atoms with Gasteiger partial charge in [0.1, 0.15) is 0 Å². The lowest BCUT2D eigenvalue weighted by atomic mass is 10.2. The Kier molecular flexibility index (Phi) is 8.79. The number of aromatic amines is 1. The molecule has 2 atom stereocenters. The SMILES string of the molecule is CC(=O)NCCCN[C@@H](Cc1cnc[nH]1)C(=O)SCC(C)N. The van der Waals surface area contributed by atoms with Crippen LogP contribution in [0.25, 0.3) is 0 Å². The molecule has 8 heteroatoms. The second-order valence-electron chi connectivity index (χ2n) is 5.23. The van der Waals surface area contributed by atoms with Crippen molar-refractivity contribution in [3.8, 4) is 0 Å². The minimum absolute atomic E-state index is 0.0125. The highest BCUT2D eigenvalue weighted by Gasteiger charge is 2.19. The average molecular weight is 327 g/mol. The van der Waals surface area contributed by atoms with Crippen LogP contribution in [-0.4, -0.2) is 51.9 Å². The third-order valence-corrected chi connectivity index (χ3v) is 4.13. The van der Waals surface area contributed by atoms with Crippen molar-refractivity contribution in [2.75, 3.05) is 18.8 Å². The van der Waals surface area contributed by atoms with Gasteiger partial charge in [-0.2, -0.15) is 0 Å². The first kappa shape index (κ1) is 18.7. The van der Waals surface area contributed by atoms with E-state index >= 15 is 0 Å². The van der Waals surface area contributed by atoms with Crippen LogP contribution in [0.3, 0.4) is 0 Å². The van der Waals surface area contributed by atoms with Gasteiger partial charge in [0, 0.05) is 43.6 Å². The van der Waals surface area contributed by atoms with E-state index in [2.05, 4.69) is 20.6 Å². The van der Waals surface area contributed by atoms with Crippen molar-refractivity contribution < 1.29 is 9.59 Å². The number of nitrogens with two attached hydrogens (primary N) is 1. The van der Waals surface area contributed by atoms with Gasteiger partial charge in [0.05, 0.1) is 12.4 Å². The first-order chi connectivity index (χ1) is 10.5. The molecule has 1 amide bonds. The Balaban J connectivity index is 2.43. The molecule has 0 fully saturated rings. The molecule has 0 aliphatic heterocycles. The van der Waals surface area contributed by atoms with Crippen molar-refractivity contribution in [2.24, 2.45) is 5.73 Å². The normalized spacial score (nSPS) is 13.6. The summed E-state index contributed by atoms with van der Waals surface area (Å²) in [6, 6.07) is -0.303. The van der Waals surface area contributed by atoms with Gasteiger partial charge in [-0.1, -0.05) is 11.8 Å². The fourth-order valence-electron chi connectivity index (χ4n) is 1.80. The van der Waals surface area contributed by atoms with E-state index in [-0.39, 0.29) is 23.1 Å². The standard InChI is InChI=1S/C14H25N5O2S/c1-10(15)8-22-14(21)13(6-12-7-16-9-19-12)18-5-3-4-17-11(2)20/h7,9-10,13,18H,3-6,8,15H2,1-2H3,(H,16,19)(H,17,20)/t10?,13-/m0/s1. The van der Waals surface area contributed by atoms with Gasteiger partial charge in [0.15, 0.2) is 0 Å². The summed E-state index contributed by atoms with van der Waals surface area (Å²) in [6.45, 7) is 4.62. The number of amides is 1. The van der Waals surface area contributed by atoms with Gasteiger partial charge in [0.25, 0.3) is 0 Å². The lowest BCUT2D eigenvalue weighted by Gasteiger charge is -2.17. The molecule has 0 saturated carbocycles. The zero-order valence-corrected chi connectivity index (χ0v) is 13.9. The van der Waals surface area contributed by atoms with E-state index in [1.54, 1.807) is 12.5 Å². The van der Waals surface area contributed by atoms with E-state index < -0.39 is 0 Å². The molecule has 1 aromatic rings. The molecule has 1 aromatic heterocycles. The Morgan fingerprint density at radius 2 is 2.23 bits per heavy atom. The van der Waals surface area contributed by atoms with Gasteiger partial charge < -0.3 is 21.4 Å². The highest BCUT2D eigenvalue weighted by Crippen LogP contribution is 2.10. The van der Waals surface area contributed by atoms with Gasteiger partial charge in [-0.05, 0) is 19.9 Å². The number of rotatable bonds is 10. The number of hydrogen-bond acceptors (Lipinski definition) is 6. The summed E-state index contributed by atoms with van der Waals surface area (Å²) >= 11 is 1.25. The predicted octanol–water partition coefficient (Wildman–Crippen LogP) is 0.0436. The van der Waals surface area contributed by atoms with Crippen molar-refractivity contribution in [3.63, 3.8) is 0 Å². The summed E-state index contributed by atoms with van der Waals surface area (Å²) in [7, 11) is 0. The number of nitrogens with zero attached hydrogens (tertiary/aromatic N) is 1. The van der Waals surface area contributed by atoms with Crippen LogP contribution in [0.1, 0.15) is 26.0 Å². The molecular formula is C14H25N5O2S. The number of H-pyrrole nitrogens is 1. The molecule has 0 aromatic carbocycles. The Labute approximate surface area is 135 Å². The van der Waals surface area contributed by atoms with E-state index in [0.29, 0.717) is 25.3 Å². The van der Waals surface area contributed by atoms with Gasteiger partial charge >= 0.3 is 0 Å². The quantitative estimate of drug-likeness (QED) is 0.452. The average Bonchev–Trinajstić information content (AvgIpc) is 2.95. The van der Waals surface area contributed by atoms with E-state index in [9.17, 15) is 9.59 Å². The maximum Gasteiger partial charge on any atom is 0.216 e. The summed E-state index contributed by atoms with van der Waals surface area (Å²) in [5.41, 5.74) is 6.61. The minimum atomic E-state index is -0.290.